The fourth-order valence-electron chi connectivity index (χ4n) is 3.14. The van der Waals surface area contributed by atoms with Crippen LogP contribution in [0.15, 0.2) is 78.0 Å². The zero-order valence-corrected chi connectivity index (χ0v) is 15.2. The third-order valence-electron chi connectivity index (χ3n) is 4.51. The maximum absolute atomic E-state index is 13.2. The number of hydrogen-bond donors (Lipinski definition) is 2. The number of aliphatic hydroxyl groups is 1. The van der Waals surface area contributed by atoms with Crippen molar-refractivity contribution >= 4 is 22.9 Å². The maximum Gasteiger partial charge on any atom is 0.291 e. The third kappa shape index (κ3) is 3.84. The average Bonchev–Trinajstić information content (AvgIpc) is 3.07. The minimum atomic E-state index is -0.713. The molecular formula is C22H16FN3O3. The predicted octanol–water partition coefficient (Wildman–Crippen LogP) is 2.45. The van der Waals surface area contributed by atoms with E-state index in [9.17, 15) is 19.1 Å². The van der Waals surface area contributed by atoms with Gasteiger partial charge in [-0.25, -0.2) is 4.39 Å². The molecule has 144 valence electrons. The largest absolute Gasteiger partial charge is 0.503 e. The van der Waals surface area contributed by atoms with Crippen LogP contribution in [0.4, 0.5) is 10.1 Å². The Morgan fingerprint density at radius 3 is 2.66 bits per heavy atom. The van der Waals surface area contributed by atoms with Crippen molar-refractivity contribution in [2.75, 3.05) is 5.32 Å². The fraction of sp³-hybridized carbons (Fsp3) is 0.0455. The van der Waals surface area contributed by atoms with Crippen LogP contribution in [0.25, 0.3) is 11.3 Å². The van der Waals surface area contributed by atoms with Gasteiger partial charge >= 0.3 is 0 Å². The van der Waals surface area contributed by atoms with E-state index in [4.69, 9.17) is 0 Å². The van der Waals surface area contributed by atoms with Gasteiger partial charge in [0.05, 0.1) is 17.4 Å². The Labute approximate surface area is 164 Å². The van der Waals surface area contributed by atoms with E-state index in [1.807, 2.05) is 0 Å². The number of rotatable bonds is 4. The Bertz CT molecular complexity index is 1300. The number of fused-ring (bicyclic) bond motifs is 1. The highest BCUT2D eigenvalue weighted by Crippen LogP contribution is 2.13. The molecule has 0 saturated heterocycles. The molecule has 0 aliphatic heterocycles. The molecule has 3 heterocycles. The van der Waals surface area contributed by atoms with Gasteiger partial charge in [0.2, 0.25) is 0 Å². The van der Waals surface area contributed by atoms with Crippen LogP contribution in [0, 0.1) is 5.82 Å². The van der Waals surface area contributed by atoms with Crippen molar-refractivity contribution in [2.45, 2.75) is 6.42 Å². The van der Waals surface area contributed by atoms with Gasteiger partial charge in [-0.2, -0.15) is 0 Å². The Hall–Kier alpha value is -4.00. The van der Waals surface area contributed by atoms with E-state index in [1.165, 1.54) is 30.5 Å². The number of benzene rings is 1. The van der Waals surface area contributed by atoms with E-state index in [0.29, 0.717) is 17.6 Å². The molecule has 6 nitrogen and oxygen atoms in total. The molecule has 0 spiro atoms. The summed E-state index contributed by atoms with van der Waals surface area (Å²) >= 11 is 0. The van der Waals surface area contributed by atoms with Crippen LogP contribution in [0.5, 0.6) is 0 Å². The molecule has 0 aliphatic rings. The number of aromatic nitrogens is 2. The van der Waals surface area contributed by atoms with E-state index in [-0.39, 0.29) is 16.5 Å². The number of amides is 1. The first-order valence-corrected chi connectivity index (χ1v) is 8.84. The third-order valence-corrected chi connectivity index (χ3v) is 4.51. The highest BCUT2D eigenvalue weighted by Gasteiger charge is 2.14. The zero-order valence-electron chi connectivity index (χ0n) is 15.2. The highest BCUT2D eigenvalue weighted by molar-refractivity contribution is 6.17. The van der Waals surface area contributed by atoms with E-state index in [1.54, 1.807) is 47.1 Å². The van der Waals surface area contributed by atoms with Gasteiger partial charge in [0, 0.05) is 41.9 Å². The zero-order chi connectivity index (χ0) is 20.4. The summed E-state index contributed by atoms with van der Waals surface area (Å²) in [5.74, 6) is -1.55. The van der Waals surface area contributed by atoms with Crippen LogP contribution >= 0.6 is 0 Å². The Morgan fingerprint density at radius 1 is 1.14 bits per heavy atom. The van der Waals surface area contributed by atoms with Crippen LogP contribution in [0.3, 0.4) is 0 Å². The molecule has 1 aromatic carbocycles. The van der Waals surface area contributed by atoms with Crippen molar-refractivity contribution in [1.29, 1.82) is 0 Å². The van der Waals surface area contributed by atoms with Crippen molar-refractivity contribution in [1.82, 2.24) is 9.38 Å². The van der Waals surface area contributed by atoms with Crippen molar-refractivity contribution in [3.05, 3.63) is 106 Å². The van der Waals surface area contributed by atoms with Crippen LogP contribution in [-0.4, -0.2) is 20.4 Å². The number of hydrogen-bond acceptors (Lipinski definition) is 4. The summed E-state index contributed by atoms with van der Waals surface area (Å²) in [7, 11) is 0. The number of nitrogens with zero attached hydrogens (tertiary/aromatic N) is 2. The van der Waals surface area contributed by atoms with Gasteiger partial charge < -0.3 is 14.8 Å². The van der Waals surface area contributed by atoms with Gasteiger partial charge in [0.15, 0.2) is 11.2 Å². The van der Waals surface area contributed by atoms with Gasteiger partial charge in [-0.05, 0) is 35.9 Å². The molecule has 3 aromatic heterocycles. The fourth-order valence-corrected chi connectivity index (χ4v) is 3.14. The molecule has 0 radical (unpaired) electrons. The summed E-state index contributed by atoms with van der Waals surface area (Å²) < 4.78 is 14.9. The van der Waals surface area contributed by atoms with Crippen molar-refractivity contribution < 1.29 is 14.3 Å². The molecule has 0 unspecified atom stereocenters. The van der Waals surface area contributed by atoms with Crippen molar-refractivity contribution in [2.24, 2.45) is 0 Å². The molecule has 0 fully saturated rings. The average molecular weight is 389 g/mol. The second kappa shape index (κ2) is 7.55. The van der Waals surface area contributed by atoms with Crippen LogP contribution < -0.4 is 16.0 Å². The number of aliphatic hydroxyl groups excluding tert-OH is 1. The molecule has 0 bridgehead atoms. The van der Waals surface area contributed by atoms with Gasteiger partial charge in [-0.1, -0.05) is 12.1 Å². The number of carbonyl (C=O) groups is 1. The number of anilines is 1. The second-order valence-electron chi connectivity index (χ2n) is 6.51. The second-order valence-corrected chi connectivity index (χ2v) is 6.51. The van der Waals surface area contributed by atoms with Crippen LogP contribution in [0.2, 0.25) is 0 Å². The standard InChI is InChI=1S/C22H16FN3O3/c23-15-5-3-14(4-6-15)10-17-11-19(20-12-18(27)7-9-26(17)20)21(28)22(29)25-16-2-1-8-24-13-16/h1-9,11-13,28H,10H2,(H,25,29). The summed E-state index contributed by atoms with van der Waals surface area (Å²) in [6, 6.07) is 13.8. The summed E-state index contributed by atoms with van der Waals surface area (Å²) in [6.45, 7) is 0. The lowest BCUT2D eigenvalue weighted by molar-refractivity contribution is -0.112. The molecule has 4 aromatic rings. The van der Waals surface area contributed by atoms with Crippen LogP contribution in [0.1, 0.15) is 11.3 Å². The number of carbonyl (C=O) groups excluding carboxylic acids is 1. The molecule has 4 rings (SSSR count). The monoisotopic (exact) mass is 389 g/mol. The lowest BCUT2D eigenvalue weighted by Crippen LogP contribution is -2.20. The first kappa shape index (κ1) is 18.4. The molecular weight excluding hydrogens is 373 g/mol. The van der Waals surface area contributed by atoms with Gasteiger partial charge in [0.1, 0.15) is 5.82 Å². The first-order chi connectivity index (χ1) is 14.0. The summed E-state index contributed by atoms with van der Waals surface area (Å²) in [4.78, 5) is 28.3. The lowest BCUT2D eigenvalue weighted by atomic mass is 10.1. The molecule has 0 saturated carbocycles. The summed E-state index contributed by atoms with van der Waals surface area (Å²) in [6.07, 6.45) is 5.04. The quantitative estimate of drug-likeness (QED) is 0.562. The van der Waals surface area contributed by atoms with E-state index >= 15 is 0 Å². The van der Waals surface area contributed by atoms with Crippen molar-refractivity contribution in [3.8, 4) is 0 Å². The Kier molecular flexibility index (Phi) is 4.78. The van der Waals surface area contributed by atoms with Crippen molar-refractivity contribution in [3.63, 3.8) is 0 Å². The maximum atomic E-state index is 13.2. The summed E-state index contributed by atoms with van der Waals surface area (Å²) in [5.41, 5.74) is 2.19. The molecule has 7 heteroatoms. The minimum absolute atomic E-state index is 0.237. The number of nitrogens with one attached hydrogen (secondary N) is 1. The Balaban J connectivity index is 1.80. The Morgan fingerprint density at radius 2 is 1.93 bits per heavy atom. The molecule has 29 heavy (non-hydrogen) atoms. The number of halogens is 1. The van der Waals surface area contributed by atoms with Gasteiger partial charge in [-0.3, -0.25) is 14.6 Å². The van der Waals surface area contributed by atoms with E-state index < -0.39 is 11.7 Å². The van der Waals surface area contributed by atoms with E-state index in [2.05, 4.69) is 10.3 Å². The van der Waals surface area contributed by atoms with Crippen LogP contribution in [-0.2, 0) is 11.2 Å². The molecule has 0 atom stereocenters. The topological polar surface area (TPSA) is 83.7 Å². The summed E-state index contributed by atoms with van der Waals surface area (Å²) in [5, 5.41) is 13.4. The van der Waals surface area contributed by atoms with Gasteiger partial charge in [0.25, 0.3) is 5.91 Å². The smallest absolute Gasteiger partial charge is 0.291 e. The molecule has 1 amide bonds. The normalized spacial score (nSPS) is 12.0. The SMILES string of the molecule is O=C(Nc1cccnc1)C(O)=c1cc(Cc2ccc(F)cc2)n2ccc(=O)cc12. The first-order valence-electron chi connectivity index (χ1n) is 8.84. The highest BCUT2D eigenvalue weighted by atomic mass is 19.1. The number of pyridine rings is 2. The molecule has 2 N–H and O–H groups in total. The van der Waals surface area contributed by atoms with E-state index in [0.717, 1.165) is 11.3 Å². The minimum Gasteiger partial charge on any atom is -0.503 e. The van der Waals surface area contributed by atoms with Gasteiger partial charge in [-0.15, -0.1) is 0 Å². The molecule has 0 aliphatic carbocycles. The lowest BCUT2D eigenvalue weighted by Gasteiger charge is -2.03. The predicted molar refractivity (Wildman–Crippen MR) is 107 cm³/mol.